The van der Waals surface area contributed by atoms with Gasteiger partial charge in [0.1, 0.15) is 11.6 Å². The molecule has 3 aromatic carbocycles. The van der Waals surface area contributed by atoms with E-state index in [1.807, 2.05) is 37.3 Å². The van der Waals surface area contributed by atoms with Crippen molar-refractivity contribution in [1.29, 1.82) is 0 Å². The zero-order chi connectivity index (χ0) is 24.6. The number of ether oxygens (including phenoxy) is 1. The van der Waals surface area contributed by atoms with Crippen molar-refractivity contribution >= 4 is 16.9 Å². The molecule has 5 nitrogen and oxygen atoms in total. The fraction of sp³-hybridized carbons (Fsp3) is 0.333. The SMILES string of the molecule is Cc1ccccc1CC(=O)NCCCc1nc2ccccc2n1CCCOc1c(C)cccc1C. The molecule has 4 rings (SSSR count). The van der Waals surface area contributed by atoms with Crippen LogP contribution in [-0.4, -0.2) is 28.6 Å². The molecule has 0 bridgehead atoms. The third kappa shape index (κ3) is 6.30. The maximum absolute atomic E-state index is 12.4. The van der Waals surface area contributed by atoms with Gasteiger partial charge in [-0.05, 0) is 68.0 Å². The van der Waals surface area contributed by atoms with Gasteiger partial charge in [0.2, 0.25) is 5.91 Å². The van der Waals surface area contributed by atoms with Gasteiger partial charge in [0.25, 0.3) is 0 Å². The van der Waals surface area contributed by atoms with Gasteiger partial charge in [0, 0.05) is 19.5 Å². The van der Waals surface area contributed by atoms with Crippen LogP contribution in [0.4, 0.5) is 0 Å². The molecule has 0 saturated heterocycles. The molecule has 0 aliphatic rings. The second kappa shape index (κ2) is 11.7. The molecule has 0 radical (unpaired) electrons. The highest BCUT2D eigenvalue weighted by molar-refractivity contribution is 5.79. The molecule has 5 heteroatoms. The molecule has 0 spiro atoms. The number of para-hydroxylation sites is 3. The van der Waals surface area contributed by atoms with E-state index < -0.39 is 0 Å². The summed E-state index contributed by atoms with van der Waals surface area (Å²) in [6.45, 7) is 8.37. The number of rotatable bonds is 11. The van der Waals surface area contributed by atoms with E-state index in [0.717, 1.165) is 59.5 Å². The first-order chi connectivity index (χ1) is 17.0. The fourth-order valence-electron chi connectivity index (χ4n) is 4.51. The van der Waals surface area contributed by atoms with Crippen LogP contribution in [0.15, 0.2) is 66.7 Å². The molecular weight excluding hydrogens is 434 g/mol. The number of amides is 1. The predicted octanol–water partition coefficient (Wildman–Crippen LogP) is 5.72. The van der Waals surface area contributed by atoms with Gasteiger partial charge in [-0.1, -0.05) is 54.6 Å². The van der Waals surface area contributed by atoms with Crippen LogP contribution in [0.1, 0.15) is 40.9 Å². The van der Waals surface area contributed by atoms with Crippen molar-refractivity contribution in [3.8, 4) is 5.75 Å². The second-order valence-electron chi connectivity index (χ2n) is 9.15. The monoisotopic (exact) mass is 469 g/mol. The molecule has 1 N–H and O–H groups in total. The lowest BCUT2D eigenvalue weighted by Crippen LogP contribution is -2.26. The van der Waals surface area contributed by atoms with E-state index in [9.17, 15) is 4.79 Å². The van der Waals surface area contributed by atoms with E-state index in [0.29, 0.717) is 19.6 Å². The Bertz CT molecular complexity index is 1270. The summed E-state index contributed by atoms with van der Waals surface area (Å²) in [6, 6.07) is 22.5. The Morgan fingerprint density at radius 1 is 0.886 bits per heavy atom. The summed E-state index contributed by atoms with van der Waals surface area (Å²) < 4.78 is 8.42. The number of aryl methyl sites for hydroxylation is 5. The Balaban J connectivity index is 1.31. The number of imidazole rings is 1. The van der Waals surface area contributed by atoms with Crippen molar-refractivity contribution in [2.75, 3.05) is 13.2 Å². The van der Waals surface area contributed by atoms with E-state index in [1.54, 1.807) is 0 Å². The molecule has 0 aliphatic heterocycles. The molecule has 182 valence electrons. The Labute approximate surface area is 208 Å². The first-order valence-electron chi connectivity index (χ1n) is 12.5. The average Bonchev–Trinajstić information content (AvgIpc) is 3.20. The minimum absolute atomic E-state index is 0.0662. The summed E-state index contributed by atoms with van der Waals surface area (Å²) >= 11 is 0. The second-order valence-corrected chi connectivity index (χ2v) is 9.15. The molecule has 4 aromatic rings. The van der Waals surface area contributed by atoms with E-state index in [-0.39, 0.29) is 5.91 Å². The molecule has 0 saturated carbocycles. The van der Waals surface area contributed by atoms with Crippen molar-refractivity contribution < 1.29 is 9.53 Å². The standard InChI is InChI=1S/C30H35N3O2/c1-22-11-4-5-14-25(22)21-29(34)31-18-9-17-28-32-26-15-6-7-16-27(26)33(28)19-10-20-35-30-23(2)12-8-13-24(30)3/h4-8,11-16H,9-10,17-21H2,1-3H3,(H,31,34). The van der Waals surface area contributed by atoms with E-state index in [1.165, 1.54) is 11.1 Å². The average molecular weight is 470 g/mol. The van der Waals surface area contributed by atoms with Gasteiger partial charge < -0.3 is 14.6 Å². The largest absolute Gasteiger partial charge is 0.493 e. The van der Waals surface area contributed by atoms with Crippen LogP contribution in [0.5, 0.6) is 5.75 Å². The van der Waals surface area contributed by atoms with Crippen LogP contribution >= 0.6 is 0 Å². The van der Waals surface area contributed by atoms with E-state index in [2.05, 4.69) is 60.1 Å². The Morgan fingerprint density at radius 3 is 2.40 bits per heavy atom. The number of carbonyl (C=O) groups excluding carboxylic acids is 1. The molecule has 1 heterocycles. The molecule has 0 fully saturated rings. The zero-order valence-corrected chi connectivity index (χ0v) is 21.0. The Hall–Kier alpha value is -3.60. The minimum Gasteiger partial charge on any atom is -0.493 e. The number of fused-ring (bicyclic) bond motifs is 1. The summed E-state index contributed by atoms with van der Waals surface area (Å²) in [5, 5.41) is 3.07. The third-order valence-electron chi connectivity index (χ3n) is 6.43. The number of hydrogen-bond acceptors (Lipinski definition) is 3. The lowest BCUT2D eigenvalue weighted by molar-refractivity contribution is -0.120. The summed E-state index contributed by atoms with van der Waals surface area (Å²) in [4.78, 5) is 17.3. The highest BCUT2D eigenvalue weighted by Crippen LogP contribution is 2.23. The number of benzene rings is 3. The van der Waals surface area contributed by atoms with Gasteiger partial charge in [-0.25, -0.2) is 4.98 Å². The van der Waals surface area contributed by atoms with Gasteiger partial charge in [0.15, 0.2) is 0 Å². The highest BCUT2D eigenvalue weighted by atomic mass is 16.5. The van der Waals surface area contributed by atoms with Gasteiger partial charge in [0.05, 0.1) is 24.1 Å². The van der Waals surface area contributed by atoms with Crippen LogP contribution in [0.3, 0.4) is 0 Å². The molecule has 0 unspecified atom stereocenters. The van der Waals surface area contributed by atoms with Gasteiger partial charge in [-0.2, -0.15) is 0 Å². The lowest BCUT2D eigenvalue weighted by atomic mass is 10.1. The topological polar surface area (TPSA) is 56.2 Å². The lowest BCUT2D eigenvalue weighted by Gasteiger charge is -2.13. The fourth-order valence-corrected chi connectivity index (χ4v) is 4.51. The Morgan fingerprint density at radius 2 is 1.60 bits per heavy atom. The van der Waals surface area contributed by atoms with Crippen molar-refractivity contribution in [3.05, 3.63) is 94.8 Å². The van der Waals surface area contributed by atoms with Crippen LogP contribution in [0.2, 0.25) is 0 Å². The summed E-state index contributed by atoms with van der Waals surface area (Å²) in [6.07, 6.45) is 2.98. The first-order valence-corrected chi connectivity index (χ1v) is 12.5. The van der Waals surface area contributed by atoms with E-state index >= 15 is 0 Å². The molecule has 1 amide bonds. The summed E-state index contributed by atoms with van der Waals surface area (Å²) in [5.74, 6) is 2.12. The Kier molecular flexibility index (Phi) is 8.19. The maximum Gasteiger partial charge on any atom is 0.224 e. The number of aromatic nitrogens is 2. The highest BCUT2D eigenvalue weighted by Gasteiger charge is 2.11. The van der Waals surface area contributed by atoms with Crippen LogP contribution < -0.4 is 10.1 Å². The molecule has 0 aliphatic carbocycles. The number of nitrogens with zero attached hydrogens (tertiary/aromatic N) is 2. The number of carbonyl (C=O) groups is 1. The minimum atomic E-state index is 0.0662. The third-order valence-corrected chi connectivity index (χ3v) is 6.43. The van der Waals surface area contributed by atoms with Crippen LogP contribution in [-0.2, 0) is 24.2 Å². The van der Waals surface area contributed by atoms with Crippen LogP contribution in [0.25, 0.3) is 11.0 Å². The van der Waals surface area contributed by atoms with Gasteiger partial charge in [-0.15, -0.1) is 0 Å². The zero-order valence-electron chi connectivity index (χ0n) is 21.0. The summed E-state index contributed by atoms with van der Waals surface area (Å²) in [5.41, 5.74) is 6.74. The van der Waals surface area contributed by atoms with E-state index in [4.69, 9.17) is 9.72 Å². The molecular formula is C30H35N3O2. The number of nitrogens with one attached hydrogen (secondary N) is 1. The quantitative estimate of drug-likeness (QED) is 0.286. The molecule has 1 aromatic heterocycles. The first kappa shape index (κ1) is 24.5. The van der Waals surface area contributed by atoms with Crippen molar-refractivity contribution in [2.24, 2.45) is 0 Å². The van der Waals surface area contributed by atoms with Crippen molar-refractivity contribution in [2.45, 2.75) is 53.0 Å². The van der Waals surface area contributed by atoms with Crippen molar-refractivity contribution in [3.63, 3.8) is 0 Å². The summed E-state index contributed by atoms with van der Waals surface area (Å²) in [7, 11) is 0. The predicted molar refractivity (Wildman–Crippen MR) is 142 cm³/mol. The van der Waals surface area contributed by atoms with Gasteiger partial charge >= 0.3 is 0 Å². The van der Waals surface area contributed by atoms with Crippen molar-refractivity contribution in [1.82, 2.24) is 14.9 Å². The molecule has 0 atom stereocenters. The van der Waals surface area contributed by atoms with Gasteiger partial charge in [-0.3, -0.25) is 4.79 Å². The molecule has 35 heavy (non-hydrogen) atoms. The number of hydrogen-bond donors (Lipinski definition) is 1. The smallest absolute Gasteiger partial charge is 0.224 e. The normalized spacial score (nSPS) is 11.1. The van der Waals surface area contributed by atoms with Crippen LogP contribution in [0, 0.1) is 20.8 Å². The maximum atomic E-state index is 12.4.